The van der Waals surface area contributed by atoms with Gasteiger partial charge in [0.05, 0.1) is 17.1 Å². The summed E-state index contributed by atoms with van der Waals surface area (Å²) in [5.74, 6) is -4.69. The maximum atomic E-state index is 13.8. The van der Waals surface area contributed by atoms with Gasteiger partial charge in [-0.15, -0.1) is 0 Å². The fourth-order valence-electron chi connectivity index (χ4n) is 7.55. The van der Waals surface area contributed by atoms with Gasteiger partial charge in [0, 0.05) is 27.9 Å². The lowest BCUT2D eigenvalue weighted by molar-refractivity contribution is -0.314. The van der Waals surface area contributed by atoms with Crippen molar-refractivity contribution >= 4 is 29.8 Å². The maximum absolute atomic E-state index is 13.8. The molecule has 2 aliphatic carbocycles. The van der Waals surface area contributed by atoms with Crippen LogP contribution in [-0.4, -0.2) is 85.8 Å². The second-order valence-corrected chi connectivity index (χ2v) is 12.0. The second-order valence-electron chi connectivity index (χ2n) is 12.0. The Morgan fingerprint density at radius 3 is 2.09 bits per heavy atom. The quantitative estimate of drug-likeness (QED) is 0.301. The van der Waals surface area contributed by atoms with Gasteiger partial charge in [-0.05, 0) is 44.7 Å². The van der Waals surface area contributed by atoms with Gasteiger partial charge in [0.2, 0.25) is 0 Å². The van der Waals surface area contributed by atoms with Crippen molar-refractivity contribution in [3.8, 4) is 0 Å². The number of carbonyl (C=O) groups is 5. The average molecular weight is 605 g/mol. The lowest BCUT2D eigenvalue weighted by Crippen LogP contribution is -2.79. The SMILES string of the molecule is COCC(=O)O[C@@H]1[C@@H]2[C@@H](OC(C)=O)[C@]3(OC2(C)C)[C@H](C)CC[C@H](OC(C)=O)[C@@]3(COC(C)=O)[C@@H]1OC(=O)c1ccccc1. The molecular weight excluding hydrogens is 564 g/mol. The maximum Gasteiger partial charge on any atom is 0.338 e. The zero-order chi connectivity index (χ0) is 31.7. The molecule has 0 N–H and O–H groups in total. The lowest BCUT2D eigenvalue weighted by Gasteiger charge is -2.63. The van der Waals surface area contributed by atoms with Crippen LogP contribution in [0, 0.1) is 17.3 Å². The molecule has 4 rings (SSSR count). The van der Waals surface area contributed by atoms with Crippen LogP contribution in [0.3, 0.4) is 0 Å². The van der Waals surface area contributed by atoms with Crippen molar-refractivity contribution in [2.45, 2.75) is 90.0 Å². The van der Waals surface area contributed by atoms with E-state index in [9.17, 15) is 24.0 Å². The van der Waals surface area contributed by atoms with Crippen molar-refractivity contribution in [2.24, 2.45) is 17.3 Å². The Labute approximate surface area is 250 Å². The van der Waals surface area contributed by atoms with E-state index in [1.165, 1.54) is 27.9 Å². The predicted octanol–water partition coefficient (Wildman–Crippen LogP) is 2.79. The van der Waals surface area contributed by atoms with Crippen molar-refractivity contribution < 1.29 is 57.1 Å². The highest BCUT2D eigenvalue weighted by atomic mass is 16.6. The second kappa shape index (κ2) is 12.2. The van der Waals surface area contributed by atoms with Crippen molar-refractivity contribution in [2.75, 3.05) is 20.3 Å². The summed E-state index contributed by atoms with van der Waals surface area (Å²) in [5.41, 5.74) is -4.12. The minimum Gasteiger partial charge on any atom is -0.465 e. The highest BCUT2D eigenvalue weighted by molar-refractivity contribution is 5.89. The number of rotatable bonds is 9. The van der Waals surface area contributed by atoms with Gasteiger partial charge in [0.15, 0.2) is 6.10 Å². The average Bonchev–Trinajstić information content (AvgIpc) is 3.11. The molecule has 1 spiro atoms. The van der Waals surface area contributed by atoms with Gasteiger partial charge in [0.25, 0.3) is 0 Å². The molecule has 1 saturated heterocycles. The molecule has 12 nitrogen and oxygen atoms in total. The zero-order valence-electron chi connectivity index (χ0n) is 25.6. The van der Waals surface area contributed by atoms with Crippen molar-refractivity contribution in [1.29, 1.82) is 0 Å². The minimum atomic E-state index is -1.69. The van der Waals surface area contributed by atoms with E-state index in [2.05, 4.69) is 0 Å². The molecule has 12 heteroatoms. The summed E-state index contributed by atoms with van der Waals surface area (Å²) in [7, 11) is 1.33. The molecule has 2 saturated carbocycles. The Bertz CT molecular complexity index is 1240. The molecule has 43 heavy (non-hydrogen) atoms. The van der Waals surface area contributed by atoms with Gasteiger partial charge in [-0.1, -0.05) is 25.1 Å². The first-order valence-corrected chi connectivity index (χ1v) is 14.3. The monoisotopic (exact) mass is 604 g/mol. The first-order chi connectivity index (χ1) is 20.2. The van der Waals surface area contributed by atoms with Crippen LogP contribution in [0.25, 0.3) is 0 Å². The third kappa shape index (κ3) is 5.62. The van der Waals surface area contributed by atoms with Crippen LogP contribution < -0.4 is 0 Å². The molecule has 0 unspecified atom stereocenters. The Morgan fingerprint density at radius 2 is 1.51 bits per heavy atom. The number of carbonyl (C=O) groups excluding carboxylic acids is 5. The lowest BCUT2D eigenvalue weighted by atomic mass is 9.47. The normalized spacial score (nSPS) is 33.8. The summed E-state index contributed by atoms with van der Waals surface area (Å²) in [6.07, 6.45) is -4.09. The van der Waals surface area contributed by atoms with Crippen LogP contribution >= 0.6 is 0 Å². The van der Waals surface area contributed by atoms with Gasteiger partial charge in [-0.3, -0.25) is 14.4 Å². The standard InChI is InChI=1S/C31H40O12/c1-17-13-14-22(39-19(3)33)30(16-38-18(2)32)27(42-28(36)21-11-9-8-10-12-21)25(41-23(35)15-37-7)24-26(40-20(4)34)31(17,30)43-29(24,5)6/h8-12,17,22,24-27H,13-16H2,1-7H3/t17-,22+,24-,25-,26-,27-,30+,31-/m1/s1. The molecule has 2 bridgehead atoms. The van der Waals surface area contributed by atoms with E-state index in [0.29, 0.717) is 6.42 Å². The molecule has 236 valence electrons. The van der Waals surface area contributed by atoms with Crippen LogP contribution in [0.15, 0.2) is 30.3 Å². The van der Waals surface area contributed by atoms with E-state index in [4.69, 9.17) is 33.2 Å². The zero-order valence-corrected chi connectivity index (χ0v) is 25.6. The van der Waals surface area contributed by atoms with Crippen LogP contribution in [0.4, 0.5) is 0 Å². The van der Waals surface area contributed by atoms with Gasteiger partial charge in [-0.2, -0.15) is 0 Å². The van der Waals surface area contributed by atoms with Gasteiger partial charge in [0.1, 0.15) is 42.5 Å². The number of ether oxygens (including phenoxy) is 7. The molecule has 8 atom stereocenters. The molecule has 1 aromatic carbocycles. The smallest absolute Gasteiger partial charge is 0.338 e. The third-order valence-corrected chi connectivity index (χ3v) is 8.93. The molecule has 1 aliphatic heterocycles. The van der Waals surface area contributed by atoms with Gasteiger partial charge >= 0.3 is 29.8 Å². The topological polar surface area (TPSA) is 150 Å². The van der Waals surface area contributed by atoms with Crippen LogP contribution in [0.5, 0.6) is 0 Å². The summed E-state index contributed by atoms with van der Waals surface area (Å²) >= 11 is 0. The van der Waals surface area contributed by atoms with E-state index in [1.54, 1.807) is 44.2 Å². The Kier molecular flexibility index (Phi) is 9.22. The van der Waals surface area contributed by atoms with Crippen LogP contribution in [-0.2, 0) is 52.3 Å². The molecule has 0 radical (unpaired) electrons. The van der Waals surface area contributed by atoms with Crippen molar-refractivity contribution in [3.05, 3.63) is 35.9 Å². The van der Waals surface area contributed by atoms with Gasteiger partial charge < -0.3 is 33.2 Å². The van der Waals surface area contributed by atoms with Gasteiger partial charge in [-0.25, -0.2) is 9.59 Å². The summed E-state index contributed by atoms with van der Waals surface area (Å²) in [6, 6.07) is 8.20. The molecule has 1 heterocycles. The summed E-state index contributed by atoms with van der Waals surface area (Å²) < 4.78 is 41.9. The van der Waals surface area contributed by atoms with E-state index < -0.39 is 95.9 Å². The van der Waals surface area contributed by atoms with E-state index in [1.807, 2.05) is 6.92 Å². The first-order valence-electron chi connectivity index (χ1n) is 14.3. The van der Waals surface area contributed by atoms with E-state index in [0.717, 1.165) is 0 Å². The van der Waals surface area contributed by atoms with Crippen LogP contribution in [0.1, 0.15) is 64.7 Å². The molecule has 3 aliphatic rings. The summed E-state index contributed by atoms with van der Waals surface area (Å²) in [6.45, 7) is 8.24. The number of esters is 5. The Hall–Kier alpha value is -3.51. The highest BCUT2D eigenvalue weighted by Crippen LogP contribution is 2.68. The van der Waals surface area contributed by atoms with E-state index >= 15 is 0 Å². The number of benzene rings is 1. The minimum absolute atomic E-state index is 0.212. The molecular formula is C31H40O12. The van der Waals surface area contributed by atoms with Crippen LogP contribution in [0.2, 0.25) is 0 Å². The third-order valence-electron chi connectivity index (χ3n) is 8.93. The number of hydrogen-bond donors (Lipinski definition) is 0. The fourth-order valence-corrected chi connectivity index (χ4v) is 7.55. The molecule has 1 aromatic rings. The molecule has 0 aromatic heterocycles. The number of methoxy groups -OCH3 is 1. The molecule has 0 amide bonds. The molecule has 3 fully saturated rings. The highest BCUT2D eigenvalue weighted by Gasteiger charge is 2.84. The summed E-state index contributed by atoms with van der Waals surface area (Å²) in [5, 5.41) is 0. The fraction of sp³-hybridized carbons (Fsp3) is 0.645. The summed E-state index contributed by atoms with van der Waals surface area (Å²) in [4.78, 5) is 64.4. The Balaban J connectivity index is 2.06. The number of hydrogen-bond acceptors (Lipinski definition) is 12. The van der Waals surface area contributed by atoms with E-state index in [-0.39, 0.29) is 12.0 Å². The van der Waals surface area contributed by atoms with Crippen molar-refractivity contribution in [3.63, 3.8) is 0 Å². The Morgan fingerprint density at radius 1 is 0.860 bits per heavy atom. The first kappa shape index (κ1) is 32.4. The predicted molar refractivity (Wildman–Crippen MR) is 147 cm³/mol. The van der Waals surface area contributed by atoms with Crippen molar-refractivity contribution in [1.82, 2.24) is 0 Å². The largest absolute Gasteiger partial charge is 0.465 e. The number of fused-ring (bicyclic) bond motifs is 1.